The van der Waals surface area contributed by atoms with Crippen LogP contribution in [0.2, 0.25) is 0 Å². The summed E-state index contributed by atoms with van der Waals surface area (Å²) in [5, 5.41) is 0. The van der Waals surface area contributed by atoms with Gasteiger partial charge in [-0.2, -0.15) is 0 Å². The van der Waals surface area contributed by atoms with Gasteiger partial charge in [-0.3, -0.25) is 4.79 Å². The summed E-state index contributed by atoms with van der Waals surface area (Å²) in [6, 6.07) is 0. The van der Waals surface area contributed by atoms with Gasteiger partial charge >= 0.3 is 5.97 Å². The van der Waals surface area contributed by atoms with Crippen LogP contribution in [0.1, 0.15) is 0 Å². The Hall–Kier alpha value is -1.55. The number of halogens is 1. The van der Waals surface area contributed by atoms with E-state index in [9.17, 15) is 9.59 Å². The predicted octanol–water partition coefficient (Wildman–Crippen LogP) is 1.32. The molecule has 0 bridgehead atoms. The molecule has 4 nitrogen and oxygen atoms in total. The number of hydrogen-bond donors (Lipinski definition) is 0. The lowest BCUT2D eigenvalue weighted by Gasteiger charge is -2.11. The number of Topliss-reactive ketones (excluding diaryl/α,β-unsaturated/α-hetero) is 1. The molecule has 1 heterocycles. The molecule has 0 aromatic rings. The Balaban J connectivity index is 2.33. The van der Waals surface area contributed by atoms with Gasteiger partial charge in [0.15, 0.2) is 5.78 Å². The Morgan fingerprint density at radius 3 is 3.00 bits per heavy atom. The first-order valence-corrected chi connectivity index (χ1v) is 5.09. The number of carbonyl (C=O) groups is 2. The van der Waals surface area contributed by atoms with E-state index in [0.717, 1.165) is 0 Å². The second-order valence-corrected chi connectivity index (χ2v) is 3.61. The molecule has 0 amide bonds. The first-order chi connectivity index (χ1) is 7.69. The Morgan fingerprint density at radius 2 is 2.38 bits per heavy atom. The van der Waals surface area contributed by atoms with Crippen molar-refractivity contribution in [1.82, 2.24) is 0 Å². The van der Waals surface area contributed by atoms with E-state index in [1.165, 1.54) is 12.6 Å². The lowest BCUT2D eigenvalue weighted by Crippen LogP contribution is -2.30. The van der Waals surface area contributed by atoms with Crippen LogP contribution in [0.3, 0.4) is 0 Å². The minimum Gasteiger partial charge on any atom is -0.474 e. The van der Waals surface area contributed by atoms with Crippen LogP contribution in [-0.4, -0.2) is 25.0 Å². The van der Waals surface area contributed by atoms with Gasteiger partial charge in [-0.15, -0.1) is 0 Å². The summed E-state index contributed by atoms with van der Waals surface area (Å²) < 4.78 is 9.74. The molecule has 1 aliphatic heterocycles. The molecule has 84 valence electrons. The van der Waals surface area contributed by atoms with E-state index in [-0.39, 0.29) is 5.78 Å². The summed E-state index contributed by atoms with van der Waals surface area (Å²) in [5.41, 5.74) is 1.94. The molecule has 2 rings (SSSR count). The van der Waals surface area contributed by atoms with Crippen LogP contribution in [0.15, 0.2) is 35.1 Å². The summed E-state index contributed by atoms with van der Waals surface area (Å²) in [5.74, 6) is -1.16. The zero-order chi connectivity index (χ0) is 11.7. The molecular formula is C11H9ClO4. The van der Waals surface area contributed by atoms with Crippen molar-refractivity contribution < 1.29 is 19.1 Å². The van der Waals surface area contributed by atoms with Crippen LogP contribution in [0.4, 0.5) is 0 Å². The number of ether oxygens (including phenoxy) is 2. The zero-order valence-corrected chi connectivity index (χ0v) is 9.23. The molecule has 0 radical (unpaired) electrons. The molecule has 0 spiro atoms. The molecule has 0 saturated carbocycles. The first-order valence-electron chi connectivity index (χ1n) is 4.65. The van der Waals surface area contributed by atoms with E-state index < -0.39 is 18.0 Å². The molecule has 1 fully saturated rings. The van der Waals surface area contributed by atoms with Crippen molar-refractivity contribution >= 4 is 23.4 Å². The molecule has 2 atom stereocenters. The van der Waals surface area contributed by atoms with Gasteiger partial charge in [0.2, 0.25) is 0 Å². The molecule has 0 aromatic carbocycles. The topological polar surface area (TPSA) is 52.6 Å². The molecular weight excluding hydrogens is 232 g/mol. The van der Waals surface area contributed by atoms with Crippen LogP contribution in [0.25, 0.3) is 0 Å². The fourth-order valence-corrected chi connectivity index (χ4v) is 1.94. The van der Waals surface area contributed by atoms with Crippen molar-refractivity contribution in [1.29, 1.82) is 0 Å². The van der Waals surface area contributed by atoms with E-state index in [1.807, 2.05) is 0 Å². The normalized spacial score (nSPS) is 29.8. The Labute approximate surface area is 97.2 Å². The van der Waals surface area contributed by atoms with Gasteiger partial charge in [-0.1, -0.05) is 23.8 Å². The molecule has 5 heteroatoms. The lowest BCUT2D eigenvalue weighted by atomic mass is 9.90. The van der Waals surface area contributed by atoms with Crippen molar-refractivity contribution in [3.63, 3.8) is 0 Å². The van der Waals surface area contributed by atoms with Gasteiger partial charge in [-0.05, 0) is 11.6 Å². The third-order valence-corrected chi connectivity index (χ3v) is 2.76. The van der Waals surface area contributed by atoms with E-state index >= 15 is 0 Å². The van der Waals surface area contributed by atoms with Gasteiger partial charge in [-0.25, -0.2) is 4.79 Å². The van der Waals surface area contributed by atoms with Crippen LogP contribution in [-0.2, 0) is 19.1 Å². The average molecular weight is 241 g/mol. The molecule has 2 aliphatic rings. The molecule has 0 N–H and O–H groups in total. The van der Waals surface area contributed by atoms with Crippen LogP contribution >= 0.6 is 11.6 Å². The summed E-state index contributed by atoms with van der Waals surface area (Å²) >= 11 is 5.61. The number of hydrogen-bond acceptors (Lipinski definition) is 4. The smallest absolute Gasteiger partial charge is 0.354 e. The number of carbonyl (C=O) groups excluding carboxylic acids is 2. The van der Waals surface area contributed by atoms with E-state index in [2.05, 4.69) is 4.74 Å². The Morgan fingerprint density at radius 1 is 1.62 bits per heavy atom. The van der Waals surface area contributed by atoms with E-state index in [1.54, 1.807) is 18.2 Å². The highest BCUT2D eigenvalue weighted by molar-refractivity contribution is 6.26. The second-order valence-electron chi connectivity index (χ2n) is 3.39. The highest BCUT2D eigenvalue weighted by atomic mass is 35.5. The fourth-order valence-electron chi connectivity index (χ4n) is 1.74. The van der Waals surface area contributed by atoms with Gasteiger partial charge in [0.1, 0.15) is 11.7 Å². The Kier molecular flexibility index (Phi) is 2.83. The zero-order valence-electron chi connectivity index (χ0n) is 8.48. The molecule has 1 aliphatic carbocycles. The number of ketones is 1. The largest absolute Gasteiger partial charge is 0.474 e. The standard InChI is InChI=1S/C11H9ClO4/c1-15-11(14)10-9(13)8-6(5-12)3-2-4-7(8)16-10/h2-5,8,10H,1H3. The number of esters is 1. The minimum atomic E-state index is -1.17. The summed E-state index contributed by atoms with van der Waals surface area (Å²) in [6.45, 7) is 0. The molecule has 1 saturated heterocycles. The predicted molar refractivity (Wildman–Crippen MR) is 56.5 cm³/mol. The SMILES string of the molecule is COC(=O)C1OC2=CC=CC(=CCl)C2C1=O. The van der Waals surface area contributed by atoms with Crippen molar-refractivity contribution in [2.24, 2.45) is 5.92 Å². The fraction of sp³-hybridized carbons (Fsp3) is 0.273. The number of allylic oxidation sites excluding steroid dienone is 4. The van der Waals surface area contributed by atoms with Crippen LogP contribution in [0.5, 0.6) is 0 Å². The minimum absolute atomic E-state index is 0.339. The maximum atomic E-state index is 11.9. The monoisotopic (exact) mass is 240 g/mol. The van der Waals surface area contributed by atoms with Crippen molar-refractivity contribution in [3.8, 4) is 0 Å². The van der Waals surface area contributed by atoms with E-state index in [4.69, 9.17) is 16.3 Å². The third-order valence-electron chi connectivity index (χ3n) is 2.51. The van der Waals surface area contributed by atoms with Gasteiger partial charge < -0.3 is 9.47 Å². The van der Waals surface area contributed by atoms with E-state index in [0.29, 0.717) is 11.3 Å². The summed E-state index contributed by atoms with van der Waals surface area (Å²) in [7, 11) is 1.21. The van der Waals surface area contributed by atoms with Crippen molar-refractivity contribution in [2.45, 2.75) is 6.10 Å². The average Bonchev–Trinajstić information content (AvgIpc) is 2.66. The second kappa shape index (κ2) is 4.14. The number of rotatable bonds is 1. The molecule has 0 aromatic heterocycles. The van der Waals surface area contributed by atoms with Gasteiger partial charge in [0, 0.05) is 5.54 Å². The van der Waals surface area contributed by atoms with Gasteiger partial charge in [0.05, 0.1) is 7.11 Å². The van der Waals surface area contributed by atoms with Crippen molar-refractivity contribution in [2.75, 3.05) is 7.11 Å². The quantitative estimate of drug-likeness (QED) is 0.512. The molecule has 2 unspecified atom stereocenters. The highest BCUT2D eigenvalue weighted by Crippen LogP contribution is 2.36. The highest BCUT2D eigenvalue weighted by Gasteiger charge is 2.46. The van der Waals surface area contributed by atoms with Crippen LogP contribution < -0.4 is 0 Å². The van der Waals surface area contributed by atoms with Gasteiger partial charge in [0.25, 0.3) is 6.10 Å². The lowest BCUT2D eigenvalue weighted by molar-refractivity contribution is -0.153. The number of methoxy groups -OCH3 is 1. The Bertz CT molecular complexity index is 433. The summed E-state index contributed by atoms with van der Waals surface area (Å²) in [4.78, 5) is 23.2. The first kappa shape index (κ1) is 11.0. The van der Waals surface area contributed by atoms with Crippen LogP contribution in [0, 0.1) is 5.92 Å². The number of fused-ring (bicyclic) bond motifs is 1. The maximum absolute atomic E-state index is 11.9. The van der Waals surface area contributed by atoms with Crippen molar-refractivity contribution in [3.05, 3.63) is 35.1 Å². The third kappa shape index (κ3) is 1.55. The maximum Gasteiger partial charge on any atom is 0.354 e. The molecule has 16 heavy (non-hydrogen) atoms. The summed E-state index contributed by atoms with van der Waals surface area (Å²) in [6.07, 6.45) is 3.90.